The monoisotopic (exact) mass is 348 g/mol. The highest BCUT2D eigenvalue weighted by Gasteiger charge is 2.28. The van der Waals surface area contributed by atoms with E-state index in [4.69, 9.17) is 9.72 Å². The van der Waals surface area contributed by atoms with Gasteiger partial charge in [-0.25, -0.2) is 9.78 Å². The molecule has 0 aliphatic carbocycles. The van der Waals surface area contributed by atoms with Gasteiger partial charge in [-0.15, -0.1) is 0 Å². The third kappa shape index (κ3) is 3.13. The first kappa shape index (κ1) is 16.8. The van der Waals surface area contributed by atoms with Crippen LogP contribution in [0.3, 0.4) is 0 Å². The van der Waals surface area contributed by atoms with Gasteiger partial charge in [0.25, 0.3) is 0 Å². The van der Waals surface area contributed by atoms with Gasteiger partial charge in [0.15, 0.2) is 5.13 Å². The maximum atomic E-state index is 12.2. The number of rotatable bonds is 3. The Morgan fingerprint density at radius 2 is 2.17 bits per heavy atom. The second-order valence-corrected chi connectivity index (χ2v) is 7.34. The molecule has 1 aromatic carbocycles. The van der Waals surface area contributed by atoms with Gasteiger partial charge < -0.3 is 19.4 Å². The summed E-state index contributed by atoms with van der Waals surface area (Å²) in [6, 6.07) is 6.26. The van der Waals surface area contributed by atoms with Crippen LogP contribution in [0.4, 0.5) is 9.93 Å². The Hall–Kier alpha value is -2.02. The predicted octanol–water partition coefficient (Wildman–Crippen LogP) is 2.89. The number of likely N-dealkylation sites (N-methyl/N-ethyl adjacent to an activating group) is 1. The zero-order valence-electron chi connectivity index (χ0n) is 14.7. The fourth-order valence-electron chi connectivity index (χ4n) is 3.13. The van der Waals surface area contributed by atoms with Crippen LogP contribution in [-0.4, -0.2) is 68.2 Å². The van der Waals surface area contributed by atoms with Gasteiger partial charge in [-0.2, -0.15) is 0 Å². The molecular formula is C17H24N4O2S. The first-order valence-electron chi connectivity index (χ1n) is 8.14. The summed E-state index contributed by atoms with van der Waals surface area (Å²) in [5.41, 5.74) is 0.917. The minimum Gasteiger partial charge on any atom is -0.494 e. The smallest absolute Gasteiger partial charge is 0.319 e. The van der Waals surface area contributed by atoms with E-state index in [0.717, 1.165) is 47.0 Å². The lowest BCUT2D eigenvalue weighted by molar-refractivity contribution is 0.157. The van der Waals surface area contributed by atoms with Crippen molar-refractivity contribution >= 4 is 32.7 Å². The normalized spacial score (nSPS) is 17.8. The van der Waals surface area contributed by atoms with Crippen LogP contribution in [0.2, 0.25) is 0 Å². The Bertz CT molecular complexity index is 730. The number of carbonyl (C=O) groups is 1. The van der Waals surface area contributed by atoms with Crippen molar-refractivity contribution in [1.29, 1.82) is 0 Å². The molecule has 0 spiro atoms. The summed E-state index contributed by atoms with van der Waals surface area (Å²) in [5, 5.41) is 1.00. The van der Waals surface area contributed by atoms with Crippen LogP contribution in [0.15, 0.2) is 18.2 Å². The molecule has 1 unspecified atom stereocenters. The van der Waals surface area contributed by atoms with Crippen molar-refractivity contribution in [2.24, 2.45) is 0 Å². The number of anilines is 1. The van der Waals surface area contributed by atoms with Crippen LogP contribution in [0, 0.1) is 0 Å². The first-order chi connectivity index (χ1) is 11.5. The molecule has 0 saturated carbocycles. The van der Waals surface area contributed by atoms with Crippen LogP contribution >= 0.6 is 11.3 Å². The number of hydrogen-bond donors (Lipinski definition) is 0. The molecule has 2 amide bonds. The molecule has 24 heavy (non-hydrogen) atoms. The quantitative estimate of drug-likeness (QED) is 0.856. The van der Waals surface area contributed by atoms with Gasteiger partial charge in [-0.1, -0.05) is 17.4 Å². The van der Waals surface area contributed by atoms with Gasteiger partial charge in [0.05, 0.1) is 17.9 Å². The van der Waals surface area contributed by atoms with Crippen LogP contribution in [-0.2, 0) is 0 Å². The fraction of sp³-hybridized carbons (Fsp3) is 0.529. The largest absolute Gasteiger partial charge is 0.494 e. The molecule has 2 aromatic rings. The number of benzene rings is 1. The maximum absolute atomic E-state index is 12.2. The van der Waals surface area contributed by atoms with Gasteiger partial charge in [0, 0.05) is 34.2 Å². The van der Waals surface area contributed by atoms with Gasteiger partial charge in [0.2, 0.25) is 0 Å². The number of ether oxygens (including phenoxy) is 1. The minimum atomic E-state index is 0.0489. The zero-order chi connectivity index (χ0) is 17.3. The van der Waals surface area contributed by atoms with Gasteiger partial charge in [-0.05, 0) is 25.0 Å². The molecule has 1 aliphatic rings. The number of piperidine rings is 1. The van der Waals surface area contributed by atoms with Crippen LogP contribution in [0.25, 0.3) is 10.2 Å². The molecule has 6 nitrogen and oxygen atoms in total. The Balaban J connectivity index is 1.81. The van der Waals surface area contributed by atoms with Crippen molar-refractivity contribution in [3.8, 4) is 5.75 Å². The van der Waals surface area contributed by atoms with E-state index < -0.39 is 0 Å². The zero-order valence-corrected chi connectivity index (χ0v) is 15.5. The van der Waals surface area contributed by atoms with Crippen molar-refractivity contribution in [2.75, 3.05) is 46.2 Å². The number of hydrogen-bond acceptors (Lipinski definition) is 5. The number of urea groups is 1. The Morgan fingerprint density at radius 3 is 2.88 bits per heavy atom. The standard InChI is InChI=1S/C17H24N4O2S/c1-19(2)17(22)20(3)12-7-6-10-21(11-12)16-18-15-13(23-4)8-5-9-14(15)24-16/h5,8-9,12H,6-7,10-11H2,1-4H3. The number of para-hydroxylation sites is 1. The molecule has 3 rings (SSSR count). The Kier molecular flexibility index (Phi) is 4.80. The molecule has 1 aromatic heterocycles. The van der Waals surface area contributed by atoms with Gasteiger partial charge in [-0.3, -0.25) is 0 Å². The molecule has 2 heterocycles. The van der Waals surface area contributed by atoms with Crippen LogP contribution in [0.5, 0.6) is 5.75 Å². The number of amides is 2. The van der Waals surface area contributed by atoms with E-state index in [1.807, 2.05) is 24.1 Å². The van der Waals surface area contributed by atoms with Crippen molar-refractivity contribution in [3.05, 3.63) is 18.2 Å². The van der Waals surface area contributed by atoms with E-state index in [-0.39, 0.29) is 12.1 Å². The van der Waals surface area contributed by atoms with Crippen molar-refractivity contribution in [1.82, 2.24) is 14.8 Å². The summed E-state index contributed by atoms with van der Waals surface area (Å²) in [5.74, 6) is 0.809. The predicted molar refractivity (Wildman–Crippen MR) is 98.3 cm³/mol. The molecule has 7 heteroatoms. The summed E-state index contributed by atoms with van der Waals surface area (Å²) >= 11 is 1.68. The maximum Gasteiger partial charge on any atom is 0.319 e. The molecule has 1 saturated heterocycles. The first-order valence-corrected chi connectivity index (χ1v) is 8.95. The third-order valence-electron chi connectivity index (χ3n) is 4.49. The Morgan fingerprint density at radius 1 is 1.38 bits per heavy atom. The molecule has 1 fully saturated rings. The minimum absolute atomic E-state index is 0.0489. The second kappa shape index (κ2) is 6.84. The number of aromatic nitrogens is 1. The lowest BCUT2D eigenvalue weighted by Crippen LogP contribution is -2.51. The summed E-state index contributed by atoms with van der Waals surface area (Å²) in [7, 11) is 7.14. The SMILES string of the molecule is COc1cccc2sc(N3CCCC(N(C)C(=O)N(C)C)C3)nc12. The molecule has 0 N–H and O–H groups in total. The average molecular weight is 348 g/mol. The fourth-order valence-corrected chi connectivity index (χ4v) is 4.15. The summed E-state index contributed by atoms with van der Waals surface area (Å²) < 4.78 is 6.54. The summed E-state index contributed by atoms with van der Waals surface area (Å²) in [6.07, 6.45) is 2.09. The lowest BCUT2D eigenvalue weighted by Gasteiger charge is -2.38. The van der Waals surface area contributed by atoms with E-state index in [1.165, 1.54) is 0 Å². The van der Waals surface area contributed by atoms with Crippen molar-refractivity contribution < 1.29 is 9.53 Å². The lowest BCUT2D eigenvalue weighted by atomic mass is 10.1. The summed E-state index contributed by atoms with van der Waals surface area (Å²) in [4.78, 5) is 22.8. The number of fused-ring (bicyclic) bond motifs is 1. The molecule has 130 valence electrons. The second-order valence-electron chi connectivity index (χ2n) is 6.33. The van der Waals surface area contributed by atoms with E-state index >= 15 is 0 Å². The highest BCUT2D eigenvalue weighted by molar-refractivity contribution is 7.22. The number of thiazole rings is 1. The van der Waals surface area contributed by atoms with Crippen molar-refractivity contribution in [2.45, 2.75) is 18.9 Å². The van der Waals surface area contributed by atoms with E-state index in [0.29, 0.717) is 0 Å². The van der Waals surface area contributed by atoms with Gasteiger partial charge in [0.1, 0.15) is 11.3 Å². The molecule has 0 radical (unpaired) electrons. The molecule has 1 atom stereocenters. The number of nitrogens with zero attached hydrogens (tertiary/aromatic N) is 4. The van der Waals surface area contributed by atoms with E-state index in [9.17, 15) is 4.79 Å². The highest BCUT2D eigenvalue weighted by Crippen LogP contribution is 2.35. The van der Waals surface area contributed by atoms with E-state index in [2.05, 4.69) is 11.0 Å². The van der Waals surface area contributed by atoms with Gasteiger partial charge >= 0.3 is 6.03 Å². The topological polar surface area (TPSA) is 48.9 Å². The molecule has 1 aliphatic heterocycles. The van der Waals surface area contributed by atoms with Crippen LogP contribution < -0.4 is 9.64 Å². The number of carbonyl (C=O) groups excluding carboxylic acids is 1. The summed E-state index contributed by atoms with van der Waals surface area (Å²) in [6.45, 7) is 1.79. The Labute approximate surface area is 146 Å². The van der Waals surface area contributed by atoms with E-state index in [1.54, 1.807) is 37.4 Å². The average Bonchev–Trinajstić information content (AvgIpc) is 3.04. The van der Waals surface area contributed by atoms with Crippen LogP contribution in [0.1, 0.15) is 12.8 Å². The third-order valence-corrected chi connectivity index (χ3v) is 5.57. The van der Waals surface area contributed by atoms with Crippen molar-refractivity contribution in [3.63, 3.8) is 0 Å². The highest BCUT2D eigenvalue weighted by atomic mass is 32.1. The molecule has 0 bridgehead atoms. The molecular weight excluding hydrogens is 324 g/mol. The number of methoxy groups -OCH3 is 1.